The first kappa shape index (κ1) is 15.2. The maximum Gasteiger partial charge on any atom is 0.229 e. The Bertz CT molecular complexity index is 778. The first-order valence-corrected chi connectivity index (χ1v) is 7.32. The van der Waals surface area contributed by atoms with E-state index in [1.165, 1.54) is 0 Å². The first-order valence-electron chi connectivity index (χ1n) is 6.94. The molecule has 0 radical (unpaired) electrons. The Morgan fingerprint density at radius 1 is 1.26 bits per heavy atom. The summed E-state index contributed by atoms with van der Waals surface area (Å²) in [5, 5.41) is 6.79. The van der Waals surface area contributed by atoms with E-state index in [1.807, 2.05) is 18.2 Å². The van der Waals surface area contributed by atoms with Gasteiger partial charge < -0.3 is 19.8 Å². The van der Waals surface area contributed by atoms with E-state index >= 15 is 0 Å². The number of aromatic nitrogens is 2. The molecule has 0 saturated carbocycles. The zero-order valence-corrected chi connectivity index (χ0v) is 13.2. The van der Waals surface area contributed by atoms with E-state index in [9.17, 15) is 0 Å². The van der Waals surface area contributed by atoms with Gasteiger partial charge in [0.25, 0.3) is 0 Å². The molecule has 1 aromatic carbocycles. The molecule has 3 aromatic rings. The highest BCUT2D eigenvalue weighted by Crippen LogP contribution is 2.28. The number of halogens is 1. The van der Waals surface area contributed by atoms with Gasteiger partial charge in [-0.3, -0.25) is 0 Å². The molecule has 0 bridgehead atoms. The third-order valence-corrected chi connectivity index (χ3v) is 3.38. The number of anilines is 3. The summed E-state index contributed by atoms with van der Waals surface area (Å²) in [6, 6.07) is 10.9. The van der Waals surface area contributed by atoms with Crippen molar-refractivity contribution in [2.45, 2.75) is 6.54 Å². The summed E-state index contributed by atoms with van der Waals surface area (Å²) >= 11 is 6.11. The molecule has 0 spiro atoms. The van der Waals surface area contributed by atoms with Crippen LogP contribution in [0.15, 0.2) is 53.3 Å². The fraction of sp³-hybridized carbons (Fsp3) is 0.125. The predicted octanol–water partition coefficient (Wildman–Crippen LogP) is 4.09. The number of hydrogen-bond acceptors (Lipinski definition) is 6. The zero-order valence-electron chi connectivity index (χ0n) is 12.4. The number of hydrogen-bond donors (Lipinski definition) is 2. The van der Waals surface area contributed by atoms with Crippen LogP contribution in [0, 0.1) is 0 Å². The number of furan rings is 1. The lowest BCUT2D eigenvalue weighted by atomic mass is 10.3. The molecule has 0 unspecified atom stereocenters. The second-order valence-electron chi connectivity index (χ2n) is 4.67. The quantitative estimate of drug-likeness (QED) is 0.709. The third-order valence-electron chi connectivity index (χ3n) is 3.09. The Morgan fingerprint density at radius 2 is 2.17 bits per heavy atom. The Morgan fingerprint density at radius 3 is 2.91 bits per heavy atom. The normalized spacial score (nSPS) is 10.3. The maximum atomic E-state index is 6.11. The van der Waals surface area contributed by atoms with Gasteiger partial charge in [-0.05, 0) is 36.4 Å². The van der Waals surface area contributed by atoms with Gasteiger partial charge in [-0.2, -0.15) is 4.98 Å². The van der Waals surface area contributed by atoms with Gasteiger partial charge in [0.15, 0.2) is 0 Å². The molecule has 0 amide bonds. The van der Waals surface area contributed by atoms with E-state index in [-0.39, 0.29) is 0 Å². The molecule has 23 heavy (non-hydrogen) atoms. The van der Waals surface area contributed by atoms with Crippen molar-refractivity contribution < 1.29 is 9.15 Å². The monoisotopic (exact) mass is 330 g/mol. The molecule has 2 aromatic heterocycles. The van der Waals surface area contributed by atoms with Gasteiger partial charge in [0.1, 0.15) is 17.3 Å². The molecule has 0 aliphatic carbocycles. The number of benzene rings is 1. The minimum absolute atomic E-state index is 0.468. The van der Waals surface area contributed by atoms with Crippen molar-refractivity contribution in [2.75, 3.05) is 17.7 Å². The van der Waals surface area contributed by atoms with E-state index in [4.69, 9.17) is 20.8 Å². The zero-order chi connectivity index (χ0) is 16.1. The van der Waals surface area contributed by atoms with E-state index in [0.29, 0.717) is 29.1 Å². The van der Waals surface area contributed by atoms with Crippen LogP contribution in [0.3, 0.4) is 0 Å². The number of nitrogens with one attached hydrogen (secondary N) is 2. The highest BCUT2D eigenvalue weighted by atomic mass is 35.5. The molecule has 118 valence electrons. The Hall–Kier alpha value is -2.73. The summed E-state index contributed by atoms with van der Waals surface area (Å²) in [6.45, 7) is 0.553. The van der Waals surface area contributed by atoms with Crippen LogP contribution in [0.4, 0.5) is 17.5 Å². The second kappa shape index (κ2) is 7.02. The van der Waals surface area contributed by atoms with E-state index < -0.39 is 0 Å². The second-order valence-corrected chi connectivity index (χ2v) is 5.08. The number of rotatable bonds is 6. The molecular weight excluding hydrogens is 316 g/mol. The molecule has 2 heterocycles. The van der Waals surface area contributed by atoms with Crippen LogP contribution in [0.2, 0.25) is 5.02 Å². The first-order chi connectivity index (χ1) is 11.2. The van der Waals surface area contributed by atoms with Gasteiger partial charge in [-0.1, -0.05) is 11.6 Å². The van der Waals surface area contributed by atoms with Crippen LogP contribution in [0.5, 0.6) is 5.75 Å². The van der Waals surface area contributed by atoms with Gasteiger partial charge in [0.05, 0.1) is 24.9 Å². The van der Waals surface area contributed by atoms with Gasteiger partial charge in [0, 0.05) is 11.9 Å². The molecule has 0 aliphatic heterocycles. The molecule has 0 fully saturated rings. The molecule has 0 aliphatic rings. The summed E-state index contributed by atoms with van der Waals surface area (Å²) in [7, 11) is 1.57. The largest absolute Gasteiger partial charge is 0.495 e. The van der Waals surface area contributed by atoms with Gasteiger partial charge >= 0.3 is 0 Å². The summed E-state index contributed by atoms with van der Waals surface area (Å²) in [4.78, 5) is 8.58. The average molecular weight is 331 g/mol. The molecule has 0 atom stereocenters. The number of nitrogens with zero attached hydrogens (tertiary/aromatic N) is 2. The Balaban J connectivity index is 1.68. The predicted molar refractivity (Wildman–Crippen MR) is 89.4 cm³/mol. The van der Waals surface area contributed by atoms with E-state index in [0.717, 1.165) is 11.4 Å². The lowest BCUT2D eigenvalue weighted by molar-refractivity contribution is 0.415. The highest BCUT2D eigenvalue weighted by molar-refractivity contribution is 6.32. The van der Waals surface area contributed by atoms with Crippen LogP contribution in [0.25, 0.3) is 0 Å². The Labute approximate surface area is 138 Å². The van der Waals surface area contributed by atoms with Crippen molar-refractivity contribution in [2.24, 2.45) is 0 Å². The minimum Gasteiger partial charge on any atom is -0.495 e. The van der Waals surface area contributed by atoms with E-state index in [2.05, 4.69) is 20.6 Å². The standard InChI is InChI=1S/C16H15ClN4O2/c1-22-14-5-4-11(9-13(14)17)20-16-18-7-6-15(21-16)19-10-12-3-2-8-23-12/h2-9H,10H2,1H3,(H2,18,19,20,21). The van der Waals surface area contributed by atoms with Crippen molar-refractivity contribution in [3.63, 3.8) is 0 Å². The topological polar surface area (TPSA) is 72.2 Å². The van der Waals surface area contributed by atoms with Crippen molar-refractivity contribution in [3.05, 3.63) is 59.6 Å². The highest BCUT2D eigenvalue weighted by Gasteiger charge is 2.04. The van der Waals surface area contributed by atoms with Crippen molar-refractivity contribution in [1.82, 2.24) is 9.97 Å². The molecule has 3 rings (SSSR count). The van der Waals surface area contributed by atoms with Crippen LogP contribution in [0.1, 0.15) is 5.76 Å². The summed E-state index contributed by atoms with van der Waals surface area (Å²) < 4.78 is 10.4. The average Bonchev–Trinajstić information content (AvgIpc) is 3.07. The third kappa shape index (κ3) is 3.92. The van der Waals surface area contributed by atoms with Crippen LogP contribution in [-0.4, -0.2) is 17.1 Å². The Kier molecular flexibility index (Phi) is 4.63. The lowest BCUT2D eigenvalue weighted by Crippen LogP contribution is -2.03. The van der Waals surface area contributed by atoms with Crippen LogP contribution >= 0.6 is 11.6 Å². The molecule has 7 heteroatoms. The molecule has 2 N–H and O–H groups in total. The van der Waals surface area contributed by atoms with Gasteiger partial charge in [0.2, 0.25) is 5.95 Å². The number of ether oxygens (including phenoxy) is 1. The molecular formula is C16H15ClN4O2. The summed E-state index contributed by atoms with van der Waals surface area (Å²) in [6.07, 6.45) is 3.31. The minimum atomic E-state index is 0.468. The van der Waals surface area contributed by atoms with Gasteiger partial charge in [-0.25, -0.2) is 4.98 Å². The molecule has 6 nitrogen and oxygen atoms in total. The van der Waals surface area contributed by atoms with Crippen LogP contribution in [-0.2, 0) is 6.54 Å². The van der Waals surface area contributed by atoms with Crippen LogP contribution < -0.4 is 15.4 Å². The maximum absolute atomic E-state index is 6.11. The SMILES string of the molecule is COc1ccc(Nc2nccc(NCc3ccco3)n2)cc1Cl. The fourth-order valence-electron chi connectivity index (χ4n) is 1.98. The van der Waals surface area contributed by atoms with E-state index in [1.54, 1.807) is 37.8 Å². The number of methoxy groups -OCH3 is 1. The van der Waals surface area contributed by atoms with Crippen molar-refractivity contribution in [3.8, 4) is 5.75 Å². The lowest BCUT2D eigenvalue weighted by Gasteiger charge is -2.09. The van der Waals surface area contributed by atoms with Gasteiger partial charge in [-0.15, -0.1) is 0 Å². The fourth-order valence-corrected chi connectivity index (χ4v) is 2.24. The summed E-state index contributed by atoms with van der Waals surface area (Å²) in [5.41, 5.74) is 0.777. The van der Waals surface area contributed by atoms with Crippen molar-refractivity contribution in [1.29, 1.82) is 0 Å². The molecule has 0 saturated heterocycles. The summed E-state index contributed by atoms with van der Waals surface area (Å²) in [5.74, 6) is 2.61. The van der Waals surface area contributed by atoms with Crippen molar-refractivity contribution >= 4 is 29.1 Å². The smallest absolute Gasteiger partial charge is 0.229 e.